The number of rotatable bonds is 9. The van der Waals surface area contributed by atoms with Crippen molar-refractivity contribution in [1.29, 1.82) is 0 Å². The molecule has 0 amide bonds. The SMILES string of the molecule is ISOCCOc1ccc2c(c1)CC(CCN1CCN(c3ccccn3)CC1)CC2. The van der Waals surface area contributed by atoms with Crippen LogP contribution in [0, 0.1) is 5.92 Å². The number of halogens is 1. The van der Waals surface area contributed by atoms with E-state index >= 15 is 0 Å². The molecule has 1 fully saturated rings. The predicted molar refractivity (Wildman–Crippen MR) is 133 cm³/mol. The van der Waals surface area contributed by atoms with Crippen LogP contribution in [0.1, 0.15) is 24.0 Å². The van der Waals surface area contributed by atoms with E-state index in [0.717, 1.165) is 43.7 Å². The first-order valence-corrected chi connectivity index (χ1v) is 14.1. The van der Waals surface area contributed by atoms with E-state index in [4.69, 9.17) is 8.92 Å². The monoisotopic (exact) mass is 539 g/mol. The minimum absolute atomic E-state index is 0.600. The van der Waals surface area contributed by atoms with Gasteiger partial charge in [-0.05, 0) is 73.5 Å². The maximum Gasteiger partial charge on any atom is 0.128 e. The number of piperazine rings is 1. The van der Waals surface area contributed by atoms with E-state index in [0.29, 0.717) is 13.2 Å². The van der Waals surface area contributed by atoms with Gasteiger partial charge in [-0.25, -0.2) is 4.98 Å². The third-order valence-electron chi connectivity index (χ3n) is 6.19. The number of fused-ring (bicyclic) bond motifs is 1. The molecule has 1 aromatic carbocycles. The highest BCUT2D eigenvalue weighted by molar-refractivity contribution is 14.2. The molecule has 162 valence electrons. The fraction of sp³-hybridized carbons (Fsp3) is 0.522. The molecule has 5 nitrogen and oxygen atoms in total. The van der Waals surface area contributed by atoms with Crippen LogP contribution >= 0.6 is 30.4 Å². The van der Waals surface area contributed by atoms with Crippen molar-refractivity contribution in [3.8, 4) is 5.75 Å². The van der Waals surface area contributed by atoms with Gasteiger partial charge in [0.25, 0.3) is 0 Å². The van der Waals surface area contributed by atoms with Gasteiger partial charge in [0, 0.05) is 53.6 Å². The summed E-state index contributed by atoms with van der Waals surface area (Å²) in [7, 11) is 1.36. The normalized spacial score (nSPS) is 19.5. The van der Waals surface area contributed by atoms with Gasteiger partial charge in [0.1, 0.15) is 18.2 Å². The third-order valence-corrected chi connectivity index (χ3v) is 7.21. The zero-order valence-corrected chi connectivity index (χ0v) is 20.3. The minimum Gasteiger partial charge on any atom is -0.491 e. The maximum absolute atomic E-state index is 5.85. The van der Waals surface area contributed by atoms with Gasteiger partial charge >= 0.3 is 0 Å². The summed E-state index contributed by atoms with van der Waals surface area (Å²) in [5.74, 6) is 2.86. The molecule has 2 heterocycles. The number of hydrogen-bond acceptors (Lipinski definition) is 6. The first-order chi connectivity index (χ1) is 14.8. The van der Waals surface area contributed by atoms with Gasteiger partial charge in [-0.2, -0.15) is 0 Å². The molecule has 1 aliphatic heterocycles. The van der Waals surface area contributed by atoms with Crippen LogP contribution in [-0.2, 0) is 17.0 Å². The Labute approximate surface area is 196 Å². The van der Waals surface area contributed by atoms with E-state index < -0.39 is 0 Å². The molecule has 1 saturated heterocycles. The van der Waals surface area contributed by atoms with Crippen molar-refractivity contribution in [3.05, 3.63) is 53.7 Å². The summed E-state index contributed by atoms with van der Waals surface area (Å²) in [6, 6.07) is 12.8. The smallest absolute Gasteiger partial charge is 0.128 e. The average molecular weight is 539 g/mol. The van der Waals surface area contributed by atoms with Gasteiger partial charge in [0.2, 0.25) is 0 Å². The fourth-order valence-electron chi connectivity index (χ4n) is 4.48. The summed E-state index contributed by atoms with van der Waals surface area (Å²) in [6.07, 6.45) is 6.86. The van der Waals surface area contributed by atoms with Crippen LogP contribution in [0.5, 0.6) is 5.75 Å². The Hall–Kier alpha value is -1.03. The summed E-state index contributed by atoms with van der Waals surface area (Å²) in [5.41, 5.74) is 2.98. The number of ether oxygens (including phenoxy) is 1. The number of aromatic nitrogens is 1. The Morgan fingerprint density at radius 1 is 1.07 bits per heavy atom. The molecule has 0 bridgehead atoms. The molecule has 1 atom stereocenters. The summed E-state index contributed by atoms with van der Waals surface area (Å²) < 4.78 is 11.1. The molecule has 0 spiro atoms. The van der Waals surface area contributed by atoms with Gasteiger partial charge in [-0.15, -0.1) is 0 Å². The standard InChI is InChI=1S/C23H30IN3O2S/c24-30-29-16-15-28-22-7-6-20-5-4-19(17-21(20)18-22)8-10-26-11-13-27(14-12-26)23-3-1-2-9-25-23/h1-3,6-7,9,18-19H,4-5,8,10-17H2. The van der Waals surface area contributed by atoms with E-state index in [2.05, 4.69) is 66.3 Å². The Morgan fingerprint density at radius 3 is 2.77 bits per heavy atom. The highest BCUT2D eigenvalue weighted by Crippen LogP contribution is 2.30. The van der Waals surface area contributed by atoms with Crippen molar-refractivity contribution in [2.45, 2.75) is 25.7 Å². The molecule has 1 aliphatic carbocycles. The Morgan fingerprint density at radius 2 is 1.97 bits per heavy atom. The Kier molecular flexibility index (Phi) is 8.54. The lowest BCUT2D eigenvalue weighted by molar-refractivity contribution is 0.231. The lowest BCUT2D eigenvalue weighted by Crippen LogP contribution is -2.47. The third kappa shape index (κ3) is 6.24. The van der Waals surface area contributed by atoms with Crippen LogP contribution in [0.2, 0.25) is 0 Å². The van der Waals surface area contributed by atoms with Crippen molar-refractivity contribution in [2.75, 3.05) is 50.8 Å². The van der Waals surface area contributed by atoms with E-state index in [1.165, 1.54) is 52.6 Å². The largest absolute Gasteiger partial charge is 0.491 e. The van der Waals surface area contributed by atoms with Gasteiger partial charge in [-0.1, -0.05) is 12.1 Å². The molecular weight excluding hydrogens is 509 g/mol. The Balaban J connectivity index is 1.21. The van der Waals surface area contributed by atoms with Crippen molar-refractivity contribution in [2.24, 2.45) is 5.92 Å². The van der Waals surface area contributed by atoms with Crippen molar-refractivity contribution < 1.29 is 8.92 Å². The van der Waals surface area contributed by atoms with Crippen molar-refractivity contribution in [3.63, 3.8) is 0 Å². The zero-order valence-electron chi connectivity index (χ0n) is 17.3. The molecule has 2 aromatic rings. The van der Waals surface area contributed by atoms with Gasteiger partial charge in [0.15, 0.2) is 0 Å². The number of benzene rings is 1. The number of hydrogen-bond donors (Lipinski definition) is 0. The first-order valence-electron chi connectivity index (χ1n) is 10.8. The van der Waals surface area contributed by atoms with Crippen molar-refractivity contribution in [1.82, 2.24) is 9.88 Å². The second-order valence-corrected chi connectivity index (χ2v) is 9.52. The fourth-order valence-corrected chi connectivity index (χ4v) is 5.15. The maximum atomic E-state index is 5.85. The first kappa shape index (κ1) is 22.2. The topological polar surface area (TPSA) is 37.8 Å². The number of anilines is 1. The summed E-state index contributed by atoms with van der Waals surface area (Å²) >= 11 is 2.13. The quantitative estimate of drug-likeness (QED) is 0.259. The highest BCUT2D eigenvalue weighted by atomic mass is 127. The Bertz CT molecular complexity index is 787. The number of aryl methyl sites for hydroxylation is 1. The molecule has 30 heavy (non-hydrogen) atoms. The molecule has 2 aliphatic rings. The molecule has 0 saturated carbocycles. The van der Waals surface area contributed by atoms with E-state index in [9.17, 15) is 0 Å². The zero-order chi connectivity index (χ0) is 20.6. The van der Waals surface area contributed by atoms with Crippen LogP contribution in [-0.4, -0.2) is 55.8 Å². The number of pyridine rings is 1. The van der Waals surface area contributed by atoms with Gasteiger partial charge in [-0.3, -0.25) is 4.90 Å². The summed E-state index contributed by atoms with van der Waals surface area (Å²) in [6.45, 7) is 6.84. The molecule has 0 N–H and O–H groups in total. The second-order valence-electron chi connectivity index (χ2n) is 8.08. The minimum atomic E-state index is 0.600. The van der Waals surface area contributed by atoms with Crippen LogP contribution in [0.15, 0.2) is 42.6 Å². The highest BCUT2D eigenvalue weighted by Gasteiger charge is 2.22. The lowest BCUT2D eigenvalue weighted by Gasteiger charge is -2.36. The van der Waals surface area contributed by atoms with Crippen LogP contribution in [0.3, 0.4) is 0 Å². The summed E-state index contributed by atoms with van der Waals surface area (Å²) in [5, 5.41) is 0. The van der Waals surface area contributed by atoms with E-state index in [-0.39, 0.29) is 0 Å². The molecule has 1 unspecified atom stereocenters. The lowest BCUT2D eigenvalue weighted by atomic mass is 9.82. The van der Waals surface area contributed by atoms with Crippen LogP contribution in [0.4, 0.5) is 5.82 Å². The predicted octanol–water partition coefficient (Wildman–Crippen LogP) is 4.79. The molecule has 7 heteroatoms. The average Bonchev–Trinajstić information content (AvgIpc) is 2.81. The molecule has 0 radical (unpaired) electrons. The number of nitrogens with zero attached hydrogens (tertiary/aromatic N) is 3. The second kappa shape index (κ2) is 11.5. The van der Waals surface area contributed by atoms with Crippen molar-refractivity contribution >= 4 is 36.2 Å². The van der Waals surface area contributed by atoms with E-state index in [1.54, 1.807) is 0 Å². The van der Waals surface area contributed by atoms with Crippen LogP contribution in [0.25, 0.3) is 0 Å². The molecule has 4 rings (SSSR count). The van der Waals surface area contributed by atoms with Crippen LogP contribution < -0.4 is 9.64 Å². The van der Waals surface area contributed by atoms with Gasteiger partial charge in [0.05, 0.1) is 15.8 Å². The molecular formula is C23H30IN3O2S. The summed E-state index contributed by atoms with van der Waals surface area (Å²) in [4.78, 5) is 9.52. The molecule has 1 aromatic heterocycles. The van der Waals surface area contributed by atoms with Gasteiger partial charge < -0.3 is 13.8 Å². The van der Waals surface area contributed by atoms with E-state index in [1.807, 2.05) is 12.3 Å².